The molecule has 1 heterocycles. The summed E-state index contributed by atoms with van der Waals surface area (Å²) in [7, 11) is 1.79. The minimum absolute atomic E-state index is 0.247. The SMILES string of the molecule is CNc1ccc(CC(N)=O)cn1. The molecule has 1 amide bonds. The molecule has 0 atom stereocenters. The minimum Gasteiger partial charge on any atom is -0.373 e. The van der Waals surface area contributed by atoms with Gasteiger partial charge in [-0.25, -0.2) is 4.98 Å². The molecule has 1 aromatic heterocycles. The van der Waals surface area contributed by atoms with E-state index in [4.69, 9.17) is 5.73 Å². The average molecular weight is 165 g/mol. The van der Waals surface area contributed by atoms with Crippen molar-refractivity contribution in [1.29, 1.82) is 0 Å². The number of nitrogens with zero attached hydrogens (tertiary/aromatic N) is 1. The first kappa shape index (κ1) is 8.52. The Kier molecular flexibility index (Phi) is 2.63. The van der Waals surface area contributed by atoms with Gasteiger partial charge < -0.3 is 11.1 Å². The normalized spacial score (nSPS) is 9.42. The molecule has 0 saturated heterocycles. The molecular formula is C8H11N3O. The molecule has 0 radical (unpaired) electrons. The van der Waals surface area contributed by atoms with Gasteiger partial charge >= 0.3 is 0 Å². The van der Waals surface area contributed by atoms with Gasteiger partial charge in [0.15, 0.2) is 0 Å². The zero-order chi connectivity index (χ0) is 8.97. The molecule has 0 fully saturated rings. The molecule has 1 rings (SSSR count). The van der Waals surface area contributed by atoms with Crippen LogP contribution in [-0.4, -0.2) is 17.9 Å². The van der Waals surface area contributed by atoms with Crippen molar-refractivity contribution in [2.24, 2.45) is 5.73 Å². The van der Waals surface area contributed by atoms with Crippen LogP contribution in [0.1, 0.15) is 5.56 Å². The van der Waals surface area contributed by atoms with E-state index in [0.717, 1.165) is 11.4 Å². The quantitative estimate of drug-likeness (QED) is 0.670. The van der Waals surface area contributed by atoms with E-state index < -0.39 is 0 Å². The van der Waals surface area contributed by atoms with Crippen molar-refractivity contribution >= 4 is 11.7 Å². The van der Waals surface area contributed by atoms with Crippen LogP contribution in [0.3, 0.4) is 0 Å². The Morgan fingerprint density at radius 1 is 1.67 bits per heavy atom. The topological polar surface area (TPSA) is 68.0 Å². The Bertz CT molecular complexity index is 268. The summed E-state index contributed by atoms with van der Waals surface area (Å²) in [5.74, 6) is 0.442. The highest BCUT2D eigenvalue weighted by Gasteiger charge is 1.97. The van der Waals surface area contributed by atoms with Gasteiger partial charge in [-0.05, 0) is 11.6 Å². The molecule has 4 nitrogen and oxygen atoms in total. The summed E-state index contributed by atoms with van der Waals surface area (Å²) >= 11 is 0. The lowest BCUT2D eigenvalue weighted by molar-refractivity contribution is -0.117. The second kappa shape index (κ2) is 3.71. The van der Waals surface area contributed by atoms with Gasteiger partial charge in [-0.1, -0.05) is 6.07 Å². The molecule has 0 spiro atoms. The number of hydrogen-bond donors (Lipinski definition) is 2. The van der Waals surface area contributed by atoms with Gasteiger partial charge in [-0.3, -0.25) is 4.79 Å². The van der Waals surface area contributed by atoms with E-state index in [9.17, 15) is 4.79 Å². The largest absolute Gasteiger partial charge is 0.373 e. The lowest BCUT2D eigenvalue weighted by atomic mass is 10.2. The molecule has 0 saturated carbocycles. The lowest BCUT2D eigenvalue weighted by Gasteiger charge is -1.99. The van der Waals surface area contributed by atoms with Crippen LogP contribution in [0.2, 0.25) is 0 Å². The van der Waals surface area contributed by atoms with E-state index in [0.29, 0.717) is 0 Å². The van der Waals surface area contributed by atoms with Crippen molar-refractivity contribution in [3.8, 4) is 0 Å². The summed E-state index contributed by atoms with van der Waals surface area (Å²) in [4.78, 5) is 14.5. The summed E-state index contributed by atoms with van der Waals surface area (Å²) in [5.41, 5.74) is 5.85. The summed E-state index contributed by atoms with van der Waals surface area (Å²) in [6.45, 7) is 0. The van der Waals surface area contributed by atoms with Crippen LogP contribution in [-0.2, 0) is 11.2 Å². The van der Waals surface area contributed by atoms with E-state index in [1.165, 1.54) is 0 Å². The Balaban J connectivity index is 2.71. The Morgan fingerprint density at radius 3 is 2.83 bits per heavy atom. The van der Waals surface area contributed by atoms with E-state index in [1.807, 2.05) is 6.07 Å². The summed E-state index contributed by atoms with van der Waals surface area (Å²) in [5, 5.41) is 2.88. The highest BCUT2D eigenvalue weighted by molar-refractivity contribution is 5.76. The van der Waals surface area contributed by atoms with Crippen LogP contribution in [0.25, 0.3) is 0 Å². The van der Waals surface area contributed by atoms with Crippen LogP contribution in [0.15, 0.2) is 18.3 Å². The molecule has 0 aromatic carbocycles. The summed E-state index contributed by atoms with van der Waals surface area (Å²) in [6.07, 6.45) is 1.88. The lowest BCUT2D eigenvalue weighted by Crippen LogP contribution is -2.13. The fraction of sp³-hybridized carbons (Fsp3) is 0.250. The van der Waals surface area contributed by atoms with Crippen LogP contribution >= 0.6 is 0 Å². The van der Waals surface area contributed by atoms with E-state index in [1.54, 1.807) is 19.3 Å². The molecular weight excluding hydrogens is 154 g/mol. The molecule has 0 unspecified atom stereocenters. The molecule has 3 N–H and O–H groups in total. The van der Waals surface area contributed by atoms with E-state index in [2.05, 4.69) is 10.3 Å². The Labute approximate surface area is 70.8 Å². The number of carbonyl (C=O) groups excluding carboxylic acids is 1. The second-order valence-electron chi connectivity index (χ2n) is 2.44. The van der Waals surface area contributed by atoms with Crippen LogP contribution in [0.5, 0.6) is 0 Å². The fourth-order valence-electron chi connectivity index (χ4n) is 0.878. The van der Waals surface area contributed by atoms with E-state index >= 15 is 0 Å². The number of carbonyl (C=O) groups is 1. The minimum atomic E-state index is -0.339. The first-order valence-electron chi connectivity index (χ1n) is 3.63. The summed E-state index contributed by atoms with van der Waals surface area (Å²) in [6, 6.07) is 3.63. The van der Waals surface area contributed by atoms with Crippen LogP contribution < -0.4 is 11.1 Å². The monoisotopic (exact) mass is 165 g/mol. The molecule has 4 heteroatoms. The van der Waals surface area contributed by atoms with Crippen molar-refractivity contribution < 1.29 is 4.79 Å². The highest BCUT2D eigenvalue weighted by atomic mass is 16.1. The van der Waals surface area contributed by atoms with Gasteiger partial charge in [0, 0.05) is 13.2 Å². The zero-order valence-electron chi connectivity index (χ0n) is 6.87. The number of nitrogens with two attached hydrogens (primary N) is 1. The maximum Gasteiger partial charge on any atom is 0.221 e. The smallest absolute Gasteiger partial charge is 0.221 e. The van der Waals surface area contributed by atoms with Gasteiger partial charge in [0.25, 0.3) is 0 Å². The number of primary amides is 1. The number of amides is 1. The van der Waals surface area contributed by atoms with Crippen molar-refractivity contribution in [2.75, 3.05) is 12.4 Å². The highest BCUT2D eigenvalue weighted by Crippen LogP contribution is 2.03. The average Bonchev–Trinajstić information content (AvgIpc) is 2.05. The number of hydrogen-bond acceptors (Lipinski definition) is 3. The molecule has 1 aromatic rings. The standard InChI is InChI=1S/C8H11N3O/c1-10-8-3-2-6(5-11-8)4-7(9)12/h2-3,5H,4H2,1H3,(H2,9,12)(H,10,11). The summed E-state index contributed by atoms with van der Waals surface area (Å²) < 4.78 is 0. The third-order valence-corrected chi connectivity index (χ3v) is 1.46. The maximum absolute atomic E-state index is 10.5. The maximum atomic E-state index is 10.5. The van der Waals surface area contributed by atoms with Gasteiger partial charge in [0.05, 0.1) is 6.42 Å². The van der Waals surface area contributed by atoms with Crippen molar-refractivity contribution in [1.82, 2.24) is 4.98 Å². The van der Waals surface area contributed by atoms with Crippen molar-refractivity contribution in [3.05, 3.63) is 23.9 Å². The van der Waals surface area contributed by atoms with Gasteiger partial charge in [-0.15, -0.1) is 0 Å². The van der Waals surface area contributed by atoms with E-state index in [-0.39, 0.29) is 12.3 Å². The number of nitrogens with one attached hydrogen (secondary N) is 1. The third kappa shape index (κ3) is 2.23. The number of rotatable bonds is 3. The van der Waals surface area contributed by atoms with Crippen LogP contribution in [0.4, 0.5) is 5.82 Å². The van der Waals surface area contributed by atoms with Gasteiger partial charge in [0.2, 0.25) is 5.91 Å². The van der Waals surface area contributed by atoms with Gasteiger partial charge in [-0.2, -0.15) is 0 Å². The molecule has 64 valence electrons. The number of aromatic nitrogens is 1. The Morgan fingerprint density at radius 2 is 2.42 bits per heavy atom. The molecule has 12 heavy (non-hydrogen) atoms. The second-order valence-corrected chi connectivity index (χ2v) is 2.44. The first-order valence-corrected chi connectivity index (χ1v) is 3.63. The predicted molar refractivity (Wildman–Crippen MR) is 46.7 cm³/mol. The zero-order valence-corrected chi connectivity index (χ0v) is 6.87. The molecule has 0 bridgehead atoms. The fourth-order valence-corrected chi connectivity index (χ4v) is 0.878. The van der Waals surface area contributed by atoms with Crippen LogP contribution in [0, 0.1) is 0 Å². The van der Waals surface area contributed by atoms with Gasteiger partial charge in [0.1, 0.15) is 5.82 Å². The van der Waals surface area contributed by atoms with Crippen molar-refractivity contribution in [3.63, 3.8) is 0 Å². The Hall–Kier alpha value is -1.58. The van der Waals surface area contributed by atoms with Crippen molar-refractivity contribution in [2.45, 2.75) is 6.42 Å². The first-order chi connectivity index (χ1) is 5.72. The predicted octanol–water partition coefficient (Wildman–Crippen LogP) is 0.151. The number of pyridine rings is 1. The molecule has 0 aliphatic carbocycles. The number of anilines is 1. The third-order valence-electron chi connectivity index (χ3n) is 1.46. The molecule has 0 aliphatic rings. The molecule has 0 aliphatic heterocycles.